The standard InChI is InChI=1S/C13H14FNO2/c1-8-10(4-6-13(16)17)11-7-9(14)3-5-12(11)15(8)2/h3,5,7H,4,6H2,1-2H3,(H,16,17). The molecule has 1 aromatic carbocycles. The zero-order valence-corrected chi connectivity index (χ0v) is 9.83. The quantitative estimate of drug-likeness (QED) is 0.888. The summed E-state index contributed by atoms with van der Waals surface area (Å²) in [5.41, 5.74) is 2.85. The van der Waals surface area contributed by atoms with Gasteiger partial charge in [0, 0.05) is 30.1 Å². The highest BCUT2D eigenvalue weighted by Crippen LogP contribution is 2.26. The van der Waals surface area contributed by atoms with E-state index >= 15 is 0 Å². The van der Waals surface area contributed by atoms with Gasteiger partial charge in [0.05, 0.1) is 0 Å². The Morgan fingerprint density at radius 2 is 2.18 bits per heavy atom. The second-order valence-electron chi connectivity index (χ2n) is 4.18. The zero-order valence-electron chi connectivity index (χ0n) is 9.83. The molecule has 2 rings (SSSR count). The van der Waals surface area contributed by atoms with Crippen LogP contribution < -0.4 is 0 Å². The minimum absolute atomic E-state index is 0.0659. The molecule has 1 N–H and O–H groups in total. The third-order valence-electron chi connectivity index (χ3n) is 3.17. The van der Waals surface area contributed by atoms with E-state index in [1.165, 1.54) is 12.1 Å². The third kappa shape index (κ3) is 2.02. The number of aromatic nitrogens is 1. The molecular weight excluding hydrogens is 221 g/mol. The summed E-state index contributed by atoms with van der Waals surface area (Å²) < 4.78 is 15.2. The number of halogens is 1. The minimum atomic E-state index is -0.835. The molecule has 0 radical (unpaired) electrons. The fourth-order valence-corrected chi connectivity index (χ4v) is 2.17. The van der Waals surface area contributed by atoms with E-state index < -0.39 is 5.97 Å². The third-order valence-corrected chi connectivity index (χ3v) is 3.17. The summed E-state index contributed by atoms with van der Waals surface area (Å²) in [7, 11) is 1.90. The van der Waals surface area contributed by atoms with Gasteiger partial charge in [0.15, 0.2) is 0 Å². The molecule has 0 bridgehead atoms. The van der Waals surface area contributed by atoms with E-state index in [4.69, 9.17) is 5.11 Å². The number of aliphatic carboxylic acids is 1. The molecule has 1 heterocycles. The topological polar surface area (TPSA) is 42.2 Å². The summed E-state index contributed by atoms with van der Waals surface area (Å²) in [5, 5.41) is 9.53. The highest BCUT2D eigenvalue weighted by atomic mass is 19.1. The van der Waals surface area contributed by atoms with E-state index in [1.54, 1.807) is 6.07 Å². The van der Waals surface area contributed by atoms with Crippen LogP contribution in [0.15, 0.2) is 18.2 Å². The van der Waals surface area contributed by atoms with E-state index in [0.29, 0.717) is 6.42 Å². The van der Waals surface area contributed by atoms with Crippen molar-refractivity contribution in [1.29, 1.82) is 0 Å². The normalized spacial score (nSPS) is 11.0. The Balaban J connectivity index is 2.56. The number of carboxylic acid groups (broad SMARTS) is 1. The number of benzene rings is 1. The number of fused-ring (bicyclic) bond motifs is 1. The summed E-state index contributed by atoms with van der Waals surface area (Å²) in [6, 6.07) is 4.62. The van der Waals surface area contributed by atoms with E-state index in [0.717, 1.165) is 22.2 Å². The number of carboxylic acids is 1. The predicted octanol–water partition coefficient (Wildman–Crippen LogP) is 2.64. The van der Waals surface area contributed by atoms with Crippen molar-refractivity contribution in [2.24, 2.45) is 7.05 Å². The van der Waals surface area contributed by atoms with Gasteiger partial charge in [-0.2, -0.15) is 0 Å². The second kappa shape index (κ2) is 4.20. The Labute approximate surface area is 98.5 Å². The van der Waals surface area contributed by atoms with Crippen LogP contribution in [0.1, 0.15) is 17.7 Å². The molecule has 0 amide bonds. The van der Waals surface area contributed by atoms with Gasteiger partial charge in [0.2, 0.25) is 0 Å². The highest BCUT2D eigenvalue weighted by molar-refractivity contribution is 5.86. The van der Waals surface area contributed by atoms with Gasteiger partial charge >= 0.3 is 5.97 Å². The minimum Gasteiger partial charge on any atom is -0.481 e. The molecule has 0 unspecified atom stereocenters. The molecule has 0 spiro atoms. The zero-order chi connectivity index (χ0) is 12.6. The lowest BCUT2D eigenvalue weighted by atomic mass is 10.1. The predicted molar refractivity (Wildman–Crippen MR) is 63.6 cm³/mol. The van der Waals surface area contributed by atoms with Crippen molar-refractivity contribution < 1.29 is 14.3 Å². The van der Waals surface area contributed by atoms with Crippen molar-refractivity contribution in [1.82, 2.24) is 4.57 Å². The first-order valence-corrected chi connectivity index (χ1v) is 5.46. The molecule has 0 saturated heterocycles. The molecule has 3 nitrogen and oxygen atoms in total. The van der Waals surface area contributed by atoms with Crippen LogP contribution >= 0.6 is 0 Å². The average molecular weight is 235 g/mol. The van der Waals surface area contributed by atoms with Crippen molar-refractivity contribution in [3.05, 3.63) is 35.3 Å². The molecule has 17 heavy (non-hydrogen) atoms. The summed E-state index contributed by atoms with van der Waals surface area (Å²) >= 11 is 0. The fraction of sp³-hybridized carbons (Fsp3) is 0.308. The maximum Gasteiger partial charge on any atom is 0.303 e. The lowest BCUT2D eigenvalue weighted by Crippen LogP contribution is -1.99. The van der Waals surface area contributed by atoms with Crippen molar-refractivity contribution >= 4 is 16.9 Å². The molecule has 0 aliphatic carbocycles. The van der Waals surface area contributed by atoms with Crippen LogP contribution in [-0.2, 0) is 18.3 Å². The molecule has 0 aliphatic heterocycles. The first-order chi connectivity index (χ1) is 8.00. The van der Waals surface area contributed by atoms with Crippen molar-refractivity contribution in [2.75, 3.05) is 0 Å². The number of hydrogen-bond donors (Lipinski definition) is 1. The summed E-state index contributed by atoms with van der Waals surface area (Å²) in [6.07, 6.45) is 0.498. The van der Waals surface area contributed by atoms with E-state index in [1.807, 2.05) is 18.5 Å². The number of carbonyl (C=O) groups is 1. The van der Waals surface area contributed by atoms with Crippen LogP contribution in [0.3, 0.4) is 0 Å². The van der Waals surface area contributed by atoms with Crippen LogP contribution in [0.4, 0.5) is 4.39 Å². The van der Waals surface area contributed by atoms with E-state index in [2.05, 4.69) is 0 Å². The lowest BCUT2D eigenvalue weighted by Gasteiger charge is -2.00. The van der Waals surface area contributed by atoms with Gasteiger partial charge < -0.3 is 9.67 Å². The average Bonchev–Trinajstić information content (AvgIpc) is 2.49. The van der Waals surface area contributed by atoms with Gasteiger partial charge in [-0.25, -0.2) is 4.39 Å². The number of aryl methyl sites for hydroxylation is 2. The fourth-order valence-electron chi connectivity index (χ4n) is 2.17. The van der Waals surface area contributed by atoms with Gasteiger partial charge in [-0.05, 0) is 37.1 Å². The van der Waals surface area contributed by atoms with Crippen LogP contribution in [0.5, 0.6) is 0 Å². The molecule has 4 heteroatoms. The highest BCUT2D eigenvalue weighted by Gasteiger charge is 2.13. The monoisotopic (exact) mass is 235 g/mol. The molecule has 1 aromatic heterocycles. The van der Waals surface area contributed by atoms with Gasteiger partial charge in [-0.1, -0.05) is 0 Å². The van der Waals surface area contributed by atoms with Crippen molar-refractivity contribution in [3.63, 3.8) is 0 Å². The van der Waals surface area contributed by atoms with Gasteiger partial charge in [0.1, 0.15) is 5.82 Å². The smallest absolute Gasteiger partial charge is 0.303 e. The summed E-state index contributed by atoms with van der Waals surface area (Å²) in [5.74, 6) is -1.13. The summed E-state index contributed by atoms with van der Waals surface area (Å²) in [6.45, 7) is 1.93. The van der Waals surface area contributed by atoms with Gasteiger partial charge in [-0.15, -0.1) is 0 Å². The Hall–Kier alpha value is -1.84. The van der Waals surface area contributed by atoms with Crippen LogP contribution in [-0.4, -0.2) is 15.6 Å². The maximum atomic E-state index is 13.2. The SMILES string of the molecule is Cc1c(CCC(=O)O)c2cc(F)ccc2n1C. The van der Waals surface area contributed by atoms with Gasteiger partial charge in [0.25, 0.3) is 0 Å². The van der Waals surface area contributed by atoms with E-state index in [-0.39, 0.29) is 12.2 Å². The molecule has 0 saturated carbocycles. The Kier molecular flexibility index (Phi) is 2.88. The molecule has 2 aromatic rings. The largest absolute Gasteiger partial charge is 0.481 e. The Morgan fingerprint density at radius 1 is 1.47 bits per heavy atom. The number of rotatable bonds is 3. The molecular formula is C13H14FNO2. The van der Waals surface area contributed by atoms with Crippen LogP contribution in [0, 0.1) is 12.7 Å². The summed E-state index contributed by atoms with van der Waals surface area (Å²) in [4.78, 5) is 10.6. The van der Waals surface area contributed by atoms with Crippen molar-refractivity contribution in [2.45, 2.75) is 19.8 Å². The van der Waals surface area contributed by atoms with Crippen LogP contribution in [0.25, 0.3) is 10.9 Å². The van der Waals surface area contributed by atoms with E-state index in [9.17, 15) is 9.18 Å². The van der Waals surface area contributed by atoms with Gasteiger partial charge in [-0.3, -0.25) is 4.79 Å². The first kappa shape index (κ1) is 11.6. The Bertz CT molecular complexity index is 587. The maximum absolute atomic E-state index is 13.2. The molecule has 0 aliphatic rings. The Morgan fingerprint density at radius 3 is 2.82 bits per heavy atom. The second-order valence-corrected chi connectivity index (χ2v) is 4.18. The first-order valence-electron chi connectivity index (χ1n) is 5.46. The number of hydrogen-bond acceptors (Lipinski definition) is 1. The molecule has 90 valence electrons. The molecule has 0 fully saturated rings. The van der Waals surface area contributed by atoms with Crippen LogP contribution in [0.2, 0.25) is 0 Å². The lowest BCUT2D eigenvalue weighted by molar-refractivity contribution is -0.136. The number of nitrogens with zero attached hydrogens (tertiary/aromatic N) is 1. The molecule has 0 atom stereocenters. The van der Waals surface area contributed by atoms with Crippen molar-refractivity contribution in [3.8, 4) is 0 Å².